The number of rotatable bonds is 2. The molecule has 6 heteroatoms. The average molecular weight is 722 g/mol. The Balaban J connectivity index is 0.000000205. The number of anilines is 7. The molecule has 5 nitrogen and oxygen atoms in total. The Morgan fingerprint density at radius 1 is 0.548 bits per heavy atom. The fourth-order valence-electron chi connectivity index (χ4n) is 5.50. The molecule has 2 aromatic heterocycles. The van der Waals surface area contributed by atoms with Gasteiger partial charge in [0.1, 0.15) is 0 Å². The van der Waals surface area contributed by atoms with Crippen LogP contribution < -0.4 is 14.7 Å². The Morgan fingerprint density at radius 3 is 1.67 bits per heavy atom. The van der Waals surface area contributed by atoms with E-state index in [1.54, 1.807) is 6.20 Å². The van der Waals surface area contributed by atoms with E-state index in [0.717, 1.165) is 39.6 Å². The number of pyridine rings is 2. The maximum atomic E-state index is 4.57. The number of para-hydroxylation sites is 4. The van der Waals surface area contributed by atoms with Gasteiger partial charge in [-0.3, -0.25) is 0 Å². The van der Waals surface area contributed by atoms with Gasteiger partial charge in [0.2, 0.25) is 0 Å². The zero-order valence-corrected chi connectivity index (χ0v) is 25.6. The molecule has 0 fully saturated rings. The van der Waals surface area contributed by atoms with E-state index >= 15 is 0 Å². The molecule has 4 aromatic carbocycles. The van der Waals surface area contributed by atoms with E-state index in [1.165, 1.54) is 22.7 Å². The third-order valence-electron chi connectivity index (χ3n) is 7.48. The Kier molecular flexibility index (Phi) is 7.58. The molecular weight excluding hydrogens is 695 g/mol. The average Bonchev–Trinajstić information content (AvgIpc) is 3.06. The number of benzene rings is 4. The van der Waals surface area contributed by atoms with Gasteiger partial charge in [0.15, 0.2) is 0 Å². The first-order valence-electron chi connectivity index (χ1n) is 13.6. The summed E-state index contributed by atoms with van der Waals surface area (Å²) < 4.78 is 0. The van der Waals surface area contributed by atoms with Crippen molar-refractivity contribution in [1.29, 1.82) is 0 Å². The van der Waals surface area contributed by atoms with Crippen LogP contribution in [0.3, 0.4) is 0 Å². The van der Waals surface area contributed by atoms with Crippen molar-refractivity contribution in [2.75, 3.05) is 28.8 Å². The van der Waals surface area contributed by atoms with E-state index in [0.29, 0.717) is 0 Å². The maximum Gasteiger partial charge on any atom is 0.0632 e. The first-order chi connectivity index (χ1) is 20.2. The largest absolute Gasteiger partial charge is 0.358 e. The molecule has 0 saturated heterocycles. The molecule has 0 aliphatic carbocycles. The number of hydrogen-bond acceptors (Lipinski definition) is 5. The number of aromatic nitrogens is 2. The van der Waals surface area contributed by atoms with Crippen LogP contribution in [0.2, 0.25) is 0 Å². The Morgan fingerprint density at radius 2 is 1.10 bits per heavy atom. The minimum atomic E-state index is 0. The first kappa shape index (κ1) is 27.4. The summed E-state index contributed by atoms with van der Waals surface area (Å²) in [7, 11) is 4.25. The summed E-state index contributed by atoms with van der Waals surface area (Å²) in [6.07, 6.45) is 3.62. The molecule has 2 aliphatic rings. The predicted octanol–water partition coefficient (Wildman–Crippen LogP) is 8.73. The van der Waals surface area contributed by atoms with Crippen LogP contribution in [0.5, 0.6) is 0 Å². The fraction of sp³-hybridized carbons (Fsp3) is 0.0556. The summed E-state index contributed by atoms with van der Waals surface area (Å²) in [5.74, 6) is 0. The van der Waals surface area contributed by atoms with Gasteiger partial charge < -0.3 is 24.7 Å². The van der Waals surface area contributed by atoms with Crippen molar-refractivity contribution in [3.63, 3.8) is 0 Å². The number of fused-ring (bicyclic) bond motifs is 4. The van der Waals surface area contributed by atoms with Gasteiger partial charge in [-0.1, -0.05) is 48.5 Å². The molecule has 0 saturated carbocycles. The van der Waals surface area contributed by atoms with E-state index in [4.69, 9.17) is 0 Å². The Bertz CT molecular complexity index is 1720. The van der Waals surface area contributed by atoms with E-state index < -0.39 is 0 Å². The van der Waals surface area contributed by atoms with Crippen molar-refractivity contribution in [3.05, 3.63) is 140 Å². The smallest absolute Gasteiger partial charge is 0.0632 e. The van der Waals surface area contributed by atoms with Gasteiger partial charge in [-0.2, -0.15) is 0 Å². The van der Waals surface area contributed by atoms with Gasteiger partial charge in [0, 0.05) is 52.3 Å². The first-order valence-corrected chi connectivity index (χ1v) is 13.6. The molecule has 4 heterocycles. The minimum Gasteiger partial charge on any atom is -0.358 e. The molecule has 8 rings (SSSR count). The fourth-order valence-corrected chi connectivity index (χ4v) is 5.50. The predicted molar refractivity (Wildman–Crippen MR) is 168 cm³/mol. The summed E-state index contributed by atoms with van der Waals surface area (Å²) in [6.45, 7) is 0. The molecule has 0 unspecified atom stereocenters. The molecule has 0 bridgehead atoms. The monoisotopic (exact) mass is 722 g/mol. The van der Waals surface area contributed by atoms with Crippen LogP contribution in [0.4, 0.5) is 39.8 Å². The van der Waals surface area contributed by atoms with E-state index in [-0.39, 0.29) is 20.1 Å². The minimum absolute atomic E-state index is 0. The van der Waals surface area contributed by atoms with E-state index in [2.05, 4.69) is 105 Å². The molecule has 2 aliphatic heterocycles. The van der Waals surface area contributed by atoms with Gasteiger partial charge in [-0.25, -0.2) is 0 Å². The SMILES string of the molecule is CN1c2[c-]c(-c3ccccn3)cc3c2N(c2ccccc21)c1ccccc1N3C.[Ir].[c-]1ccccc1-c1ccccn1. The van der Waals surface area contributed by atoms with E-state index in [1.807, 2.05) is 66.9 Å². The molecule has 6 aromatic rings. The molecular formula is C36H27IrN5-2. The summed E-state index contributed by atoms with van der Waals surface area (Å²) in [6, 6.07) is 45.8. The van der Waals surface area contributed by atoms with Gasteiger partial charge in [-0.05, 0) is 59.2 Å². The van der Waals surface area contributed by atoms with Crippen molar-refractivity contribution < 1.29 is 20.1 Å². The Labute approximate surface area is 260 Å². The van der Waals surface area contributed by atoms with Crippen LogP contribution in [-0.2, 0) is 20.1 Å². The van der Waals surface area contributed by atoms with Gasteiger partial charge in [0.05, 0.1) is 22.7 Å². The topological polar surface area (TPSA) is 35.5 Å². The number of nitrogens with zero attached hydrogens (tertiary/aromatic N) is 5. The van der Waals surface area contributed by atoms with Gasteiger partial charge in [0.25, 0.3) is 0 Å². The van der Waals surface area contributed by atoms with Gasteiger partial charge >= 0.3 is 0 Å². The second kappa shape index (κ2) is 11.6. The molecule has 0 atom stereocenters. The third kappa shape index (κ3) is 4.75. The van der Waals surface area contributed by atoms with Crippen molar-refractivity contribution >= 4 is 39.8 Å². The zero-order chi connectivity index (χ0) is 27.8. The molecule has 0 spiro atoms. The van der Waals surface area contributed by atoms with Crippen molar-refractivity contribution in [2.24, 2.45) is 0 Å². The number of hydrogen-bond donors (Lipinski definition) is 0. The standard InChI is InChI=1S/C25H19N4.C11H8N.Ir/c1-27-19-10-3-5-12-21(19)29-22-13-6-4-11-20(22)28(2)24-16-17(15-23(27)25(24)29)18-9-7-8-14-26-18;1-2-6-10(7-3-1)11-8-4-5-9-12-11;/h3-15H,1-2H3;1-6,8-9H;/q2*-1;. The van der Waals surface area contributed by atoms with Crippen molar-refractivity contribution in [2.45, 2.75) is 0 Å². The second-order valence-electron chi connectivity index (χ2n) is 9.90. The van der Waals surface area contributed by atoms with Crippen molar-refractivity contribution in [1.82, 2.24) is 9.97 Å². The second-order valence-corrected chi connectivity index (χ2v) is 9.90. The van der Waals surface area contributed by atoms with Crippen LogP contribution in [0.1, 0.15) is 0 Å². The van der Waals surface area contributed by atoms with Crippen LogP contribution in [0, 0.1) is 12.1 Å². The summed E-state index contributed by atoms with van der Waals surface area (Å²) in [5, 5.41) is 0. The van der Waals surface area contributed by atoms with Gasteiger partial charge in [-0.15, -0.1) is 53.6 Å². The maximum absolute atomic E-state index is 4.57. The van der Waals surface area contributed by atoms with Crippen LogP contribution in [0.25, 0.3) is 22.5 Å². The quantitative estimate of drug-likeness (QED) is 0.167. The molecule has 42 heavy (non-hydrogen) atoms. The molecule has 0 N–H and O–H groups in total. The van der Waals surface area contributed by atoms with Crippen LogP contribution in [-0.4, -0.2) is 24.1 Å². The molecule has 0 amide bonds. The van der Waals surface area contributed by atoms with E-state index in [9.17, 15) is 0 Å². The zero-order valence-electron chi connectivity index (χ0n) is 23.2. The van der Waals surface area contributed by atoms with Crippen LogP contribution in [0.15, 0.2) is 128 Å². The third-order valence-corrected chi connectivity index (χ3v) is 7.48. The summed E-state index contributed by atoms with van der Waals surface area (Å²) in [4.78, 5) is 15.7. The molecule has 207 valence electrons. The summed E-state index contributed by atoms with van der Waals surface area (Å²) >= 11 is 0. The molecule has 1 radical (unpaired) electrons. The Hall–Kier alpha value is -4.77. The normalized spacial score (nSPS) is 12.2. The van der Waals surface area contributed by atoms with Crippen molar-refractivity contribution in [3.8, 4) is 22.5 Å². The summed E-state index contributed by atoms with van der Waals surface area (Å²) in [5.41, 5.74) is 12.0. The van der Waals surface area contributed by atoms with Crippen LogP contribution >= 0.6 is 0 Å².